The fourth-order valence-electron chi connectivity index (χ4n) is 1.30. The van der Waals surface area contributed by atoms with E-state index in [2.05, 4.69) is 4.98 Å². The van der Waals surface area contributed by atoms with Gasteiger partial charge in [-0.2, -0.15) is 0 Å². The second-order valence-corrected chi connectivity index (χ2v) is 3.21. The molecule has 0 saturated carbocycles. The number of carboxylic acid groups (broad SMARTS) is 1. The summed E-state index contributed by atoms with van der Waals surface area (Å²) in [5, 5.41) is 9.04. The number of fused-ring (bicyclic) bond motifs is 1. The Labute approximate surface area is 89.9 Å². The van der Waals surface area contributed by atoms with Crippen LogP contribution in [0.3, 0.4) is 0 Å². The van der Waals surface area contributed by atoms with Crippen LogP contribution >= 0.6 is 11.6 Å². The van der Waals surface area contributed by atoms with Crippen molar-refractivity contribution in [3.8, 4) is 5.75 Å². The van der Waals surface area contributed by atoms with Gasteiger partial charge in [0.2, 0.25) is 5.82 Å². The molecule has 2 aromatic rings. The number of ether oxygens (including phenoxy) is 1. The lowest BCUT2D eigenvalue weighted by molar-refractivity contribution is 0.0683. The van der Waals surface area contributed by atoms with Crippen LogP contribution in [-0.4, -0.2) is 27.6 Å². The number of hydrogen-bond acceptors (Lipinski definition) is 3. The quantitative estimate of drug-likeness (QED) is 0.847. The van der Waals surface area contributed by atoms with Crippen molar-refractivity contribution < 1.29 is 14.6 Å². The zero-order valence-electron chi connectivity index (χ0n) is 7.77. The monoisotopic (exact) mass is 226 g/mol. The minimum atomic E-state index is -1.13. The average Bonchev–Trinajstić information content (AvgIpc) is 2.56. The summed E-state index contributed by atoms with van der Waals surface area (Å²) in [5.74, 6) is -0.724. The summed E-state index contributed by atoms with van der Waals surface area (Å²) in [5.41, 5.74) is 0.537. The predicted molar refractivity (Wildman–Crippen MR) is 53.7 cm³/mol. The SMILES string of the molecule is COc1ccc2c(Cl)nc(C(=O)O)n2c1. The first kappa shape index (κ1) is 9.79. The molecular formula is C9H7ClN2O3. The van der Waals surface area contributed by atoms with E-state index in [1.54, 1.807) is 12.1 Å². The predicted octanol–water partition coefficient (Wildman–Crippen LogP) is 1.69. The van der Waals surface area contributed by atoms with Gasteiger partial charge < -0.3 is 9.84 Å². The molecule has 0 aliphatic carbocycles. The fourth-order valence-corrected chi connectivity index (χ4v) is 1.53. The Kier molecular flexibility index (Phi) is 2.24. The molecule has 0 amide bonds. The summed E-state index contributed by atoms with van der Waals surface area (Å²) in [6.45, 7) is 0. The molecule has 5 nitrogen and oxygen atoms in total. The van der Waals surface area contributed by atoms with Crippen LogP contribution in [-0.2, 0) is 0 Å². The van der Waals surface area contributed by atoms with E-state index in [1.165, 1.54) is 17.7 Å². The summed E-state index contributed by atoms with van der Waals surface area (Å²) >= 11 is 5.78. The number of halogens is 1. The molecular weight excluding hydrogens is 220 g/mol. The third-order valence-corrected chi connectivity index (χ3v) is 2.27. The maximum absolute atomic E-state index is 10.8. The number of aromatic nitrogens is 2. The summed E-state index contributed by atoms with van der Waals surface area (Å²) in [7, 11) is 1.50. The second kappa shape index (κ2) is 3.43. The van der Waals surface area contributed by atoms with Gasteiger partial charge in [-0.05, 0) is 12.1 Å². The van der Waals surface area contributed by atoms with Crippen LogP contribution in [0.5, 0.6) is 5.75 Å². The largest absolute Gasteiger partial charge is 0.495 e. The Morgan fingerprint density at radius 2 is 2.33 bits per heavy atom. The fraction of sp³-hybridized carbons (Fsp3) is 0.111. The van der Waals surface area contributed by atoms with Crippen LogP contribution in [0.1, 0.15) is 10.6 Å². The minimum Gasteiger partial charge on any atom is -0.495 e. The first-order valence-electron chi connectivity index (χ1n) is 4.08. The van der Waals surface area contributed by atoms with E-state index in [9.17, 15) is 4.79 Å². The van der Waals surface area contributed by atoms with Crippen molar-refractivity contribution in [2.24, 2.45) is 0 Å². The number of pyridine rings is 1. The van der Waals surface area contributed by atoms with E-state index < -0.39 is 5.97 Å². The standard InChI is InChI=1S/C9H7ClN2O3/c1-15-5-2-3-6-7(10)11-8(9(13)14)12(6)4-5/h2-4H,1H3,(H,13,14). The van der Waals surface area contributed by atoms with Crippen molar-refractivity contribution in [1.29, 1.82) is 0 Å². The molecule has 0 unspecified atom stereocenters. The lowest BCUT2D eigenvalue weighted by atomic mass is 10.4. The Bertz CT molecular complexity index is 535. The van der Waals surface area contributed by atoms with Crippen molar-refractivity contribution in [3.05, 3.63) is 29.3 Å². The van der Waals surface area contributed by atoms with E-state index >= 15 is 0 Å². The normalized spacial score (nSPS) is 10.5. The lowest BCUT2D eigenvalue weighted by Crippen LogP contribution is -2.03. The molecule has 2 heterocycles. The number of hydrogen-bond donors (Lipinski definition) is 1. The lowest BCUT2D eigenvalue weighted by Gasteiger charge is -2.01. The number of imidazole rings is 1. The molecule has 15 heavy (non-hydrogen) atoms. The Morgan fingerprint density at radius 1 is 1.60 bits per heavy atom. The van der Waals surface area contributed by atoms with Gasteiger partial charge in [-0.1, -0.05) is 11.6 Å². The van der Waals surface area contributed by atoms with Crippen LogP contribution in [0.25, 0.3) is 5.52 Å². The Morgan fingerprint density at radius 3 is 2.93 bits per heavy atom. The third kappa shape index (κ3) is 1.50. The van der Waals surface area contributed by atoms with Gasteiger partial charge in [0.1, 0.15) is 5.75 Å². The molecule has 0 saturated heterocycles. The second-order valence-electron chi connectivity index (χ2n) is 2.86. The first-order valence-corrected chi connectivity index (χ1v) is 4.46. The van der Waals surface area contributed by atoms with Gasteiger partial charge in [-0.15, -0.1) is 0 Å². The van der Waals surface area contributed by atoms with Crippen LogP contribution < -0.4 is 4.74 Å². The van der Waals surface area contributed by atoms with Crippen LogP contribution in [0.15, 0.2) is 18.3 Å². The highest BCUT2D eigenvalue weighted by Gasteiger charge is 2.15. The molecule has 2 aromatic heterocycles. The molecule has 0 bridgehead atoms. The van der Waals surface area contributed by atoms with Gasteiger partial charge in [0.15, 0.2) is 5.15 Å². The maximum Gasteiger partial charge on any atom is 0.372 e. The summed E-state index contributed by atoms with van der Waals surface area (Å²) in [6, 6.07) is 3.34. The number of carbonyl (C=O) groups is 1. The minimum absolute atomic E-state index is 0.131. The van der Waals surface area contributed by atoms with E-state index in [0.717, 1.165) is 0 Å². The molecule has 78 valence electrons. The third-order valence-electron chi connectivity index (χ3n) is 1.99. The van der Waals surface area contributed by atoms with Gasteiger partial charge in [0.25, 0.3) is 0 Å². The summed E-state index contributed by atoms with van der Waals surface area (Å²) in [6.07, 6.45) is 1.53. The van der Waals surface area contributed by atoms with Gasteiger partial charge in [-0.25, -0.2) is 9.78 Å². The molecule has 0 fully saturated rings. The van der Waals surface area contributed by atoms with Crippen LogP contribution in [0.4, 0.5) is 0 Å². The van der Waals surface area contributed by atoms with Crippen molar-refractivity contribution in [2.75, 3.05) is 7.11 Å². The van der Waals surface area contributed by atoms with Gasteiger partial charge >= 0.3 is 5.97 Å². The molecule has 1 N–H and O–H groups in total. The average molecular weight is 227 g/mol. The maximum atomic E-state index is 10.8. The van der Waals surface area contributed by atoms with Gasteiger partial charge in [-0.3, -0.25) is 4.40 Å². The number of rotatable bonds is 2. The smallest absolute Gasteiger partial charge is 0.372 e. The van der Waals surface area contributed by atoms with E-state index in [0.29, 0.717) is 11.3 Å². The van der Waals surface area contributed by atoms with E-state index in [4.69, 9.17) is 21.4 Å². The molecule has 2 rings (SSSR count). The van der Waals surface area contributed by atoms with Crippen molar-refractivity contribution in [1.82, 2.24) is 9.38 Å². The van der Waals surface area contributed by atoms with Gasteiger partial charge in [0, 0.05) is 0 Å². The number of aromatic carboxylic acids is 1. The molecule has 0 radical (unpaired) electrons. The molecule has 0 aliphatic heterocycles. The number of methoxy groups -OCH3 is 1. The highest BCUT2D eigenvalue weighted by Crippen LogP contribution is 2.21. The molecule has 0 aromatic carbocycles. The number of carboxylic acids is 1. The molecule has 6 heteroatoms. The zero-order valence-corrected chi connectivity index (χ0v) is 8.52. The van der Waals surface area contributed by atoms with Crippen molar-refractivity contribution >= 4 is 23.1 Å². The topological polar surface area (TPSA) is 63.8 Å². The summed E-state index contributed by atoms with van der Waals surface area (Å²) in [4.78, 5) is 14.6. The zero-order chi connectivity index (χ0) is 11.0. The van der Waals surface area contributed by atoms with Crippen molar-refractivity contribution in [3.63, 3.8) is 0 Å². The van der Waals surface area contributed by atoms with Crippen LogP contribution in [0, 0.1) is 0 Å². The summed E-state index contributed by atoms with van der Waals surface area (Å²) < 4.78 is 6.36. The van der Waals surface area contributed by atoms with Crippen LogP contribution in [0.2, 0.25) is 5.15 Å². The Hall–Kier alpha value is -1.75. The molecule has 0 spiro atoms. The van der Waals surface area contributed by atoms with Gasteiger partial charge in [0.05, 0.1) is 18.8 Å². The van der Waals surface area contributed by atoms with Crippen molar-refractivity contribution in [2.45, 2.75) is 0 Å². The Balaban J connectivity index is 2.77. The highest BCUT2D eigenvalue weighted by atomic mass is 35.5. The first-order chi connectivity index (χ1) is 7.13. The van der Waals surface area contributed by atoms with E-state index in [1.807, 2.05) is 0 Å². The molecule has 0 aliphatic rings. The highest BCUT2D eigenvalue weighted by molar-refractivity contribution is 6.32. The van der Waals surface area contributed by atoms with E-state index in [-0.39, 0.29) is 11.0 Å². The molecule has 0 atom stereocenters. The number of nitrogens with zero attached hydrogens (tertiary/aromatic N) is 2.